The lowest BCUT2D eigenvalue weighted by molar-refractivity contribution is 0.297. The lowest BCUT2D eigenvalue weighted by Crippen LogP contribution is -2.29. The van der Waals surface area contributed by atoms with Crippen molar-refractivity contribution in [1.82, 2.24) is 10.2 Å². The molecule has 1 fully saturated rings. The van der Waals surface area contributed by atoms with Gasteiger partial charge in [0, 0.05) is 13.6 Å². The van der Waals surface area contributed by atoms with Gasteiger partial charge in [-0.3, -0.25) is 0 Å². The minimum absolute atomic E-state index is 0.291. The summed E-state index contributed by atoms with van der Waals surface area (Å²) in [6, 6.07) is 8.55. The Balaban J connectivity index is 2.00. The monoisotopic (exact) mass is 233 g/mol. The van der Waals surface area contributed by atoms with E-state index in [1.165, 1.54) is 31.5 Å². The SMILES string of the molecule is C[N]C(CN1CCCC1)c1ccc(OC)cc1. The number of nitrogens with zero attached hydrogens (tertiary/aromatic N) is 2. The van der Waals surface area contributed by atoms with Crippen molar-refractivity contribution in [2.45, 2.75) is 18.9 Å². The molecular formula is C14H21N2O. The van der Waals surface area contributed by atoms with Crippen molar-refractivity contribution in [2.24, 2.45) is 0 Å². The van der Waals surface area contributed by atoms with Crippen molar-refractivity contribution in [3.05, 3.63) is 29.8 Å². The average Bonchev–Trinajstić information content (AvgIpc) is 2.89. The molecule has 0 amide bonds. The molecule has 1 aliphatic heterocycles. The van der Waals surface area contributed by atoms with E-state index in [0.29, 0.717) is 6.04 Å². The van der Waals surface area contributed by atoms with Gasteiger partial charge in [0.1, 0.15) is 5.75 Å². The maximum absolute atomic E-state index is 5.17. The van der Waals surface area contributed by atoms with Crippen LogP contribution < -0.4 is 10.1 Å². The third-order valence-corrected chi connectivity index (χ3v) is 3.44. The van der Waals surface area contributed by atoms with Crippen molar-refractivity contribution in [2.75, 3.05) is 33.8 Å². The van der Waals surface area contributed by atoms with E-state index in [9.17, 15) is 0 Å². The Labute approximate surface area is 104 Å². The molecule has 0 saturated carbocycles. The van der Waals surface area contributed by atoms with Crippen LogP contribution in [0.15, 0.2) is 24.3 Å². The summed E-state index contributed by atoms with van der Waals surface area (Å²) in [5, 5.41) is 4.49. The molecule has 1 aromatic carbocycles. The predicted octanol–water partition coefficient (Wildman–Crippen LogP) is 2.07. The molecule has 3 nitrogen and oxygen atoms in total. The number of ether oxygens (including phenoxy) is 1. The zero-order chi connectivity index (χ0) is 12.1. The third-order valence-electron chi connectivity index (χ3n) is 3.44. The first-order valence-corrected chi connectivity index (χ1v) is 6.28. The second-order valence-corrected chi connectivity index (χ2v) is 4.55. The van der Waals surface area contributed by atoms with Crippen LogP contribution in [0.5, 0.6) is 5.75 Å². The molecule has 1 unspecified atom stereocenters. The van der Waals surface area contributed by atoms with Gasteiger partial charge in [0.2, 0.25) is 0 Å². The number of rotatable bonds is 5. The van der Waals surface area contributed by atoms with Gasteiger partial charge < -0.3 is 9.64 Å². The Hall–Kier alpha value is -1.06. The molecule has 1 aromatic rings. The number of likely N-dealkylation sites (N-methyl/N-ethyl adjacent to an activating group) is 1. The Bertz CT molecular complexity index is 331. The van der Waals surface area contributed by atoms with Crippen molar-refractivity contribution >= 4 is 0 Å². The first-order valence-electron chi connectivity index (χ1n) is 6.28. The standard InChI is InChI=1S/C14H21N2O/c1-15-14(11-16-9-3-4-10-16)12-5-7-13(17-2)8-6-12/h5-8,14H,3-4,9-11H2,1-2H3. The Morgan fingerprint density at radius 2 is 1.88 bits per heavy atom. The van der Waals surface area contributed by atoms with E-state index < -0.39 is 0 Å². The van der Waals surface area contributed by atoms with Gasteiger partial charge in [-0.25, -0.2) is 5.32 Å². The molecule has 1 atom stereocenters. The molecule has 0 aromatic heterocycles. The summed E-state index contributed by atoms with van der Waals surface area (Å²) in [6.45, 7) is 3.49. The van der Waals surface area contributed by atoms with Gasteiger partial charge in [-0.05, 0) is 43.6 Å². The lowest BCUT2D eigenvalue weighted by atomic mass is 10.1. The lowest BCUT2D eigenvalue weighted by Gasteiger charge is -2.22. The van der Waals surface area contributed by atoms with Gasteiger partial charge in [0.05, 0.1) is 13.2 Å². The molecule has 1 heterocycles. The highest BCUT2D eigenvalue weighted by Gasteiger charge is 2.18. The van der Waals surface area contributed by atoms with E-state index in [-0.39, 0.29) is 0 Å². The van der Waals surface area contributed by atoms with Crippen LogP contribution in [-0.4, -0.2) is 38.7 Å². The number of methoxy groups -OCH3 is 1. The summed E-state index contributed by atoms with van der Waals surface area (Å²) < 4.78 is 5.17. The van der Waals surface area contributed by atoms with Crippen LogP contribution >= 0.6 is 0 Å². The highest BCUT2D eigenvalue weighted by molar-refractivity contribution is 5.29. The first-order chi connectivity index (χ1) is 8.33. The van der Waals surface area contributed by atoms with Gasteiger partial charge in [-0.1, -0.05) is 12.1 Å². The molecule has 1 saturated heterocycles. The van der Waals surface area contributed by atoms with E-state index in [4.69, 9.17) is 4.74 Å². The van der Waals surface area contributed by atoms with Gasteiger partial charge in [0.25, 0.3) is 0 Å². The van der Waals surface area contributed by atoms with Crippen LogP contribution in [0.3, 0.4) is 0 Å². The van der Waals surface area contributed by atoms with Gasteiger partial charge >= 0.3 is 0 Å². The van der Waals surface area contributed by atoms with Crippen LogP contribution in [0, 0.1) is 0 Å². The molecule has 0 aliphatic carbocycles. The molecule has 0 spiro atoms. The number of likely N-dealkylation sites (tertiary alicyclic amines) is 1. The smallest absolute Gasteiger partial charge is 0.118 e. The molecule has 1 aliphatic rings. The minimum Gasteiger partial charge on any atom is -0.497 e. The summed E-state index contributed by atoms with van der Waals surface area (Å²) in [7, 11) is 3.60. The Kier molecular flexibility index (Phi) is 4.40. The number of hydrogen-bond donors (Lipinski definition) is 0. The molecule has 1 radical (unpaired) electrons. The molecule has 0 N–H and O–H groups in total. The minimum atomic E-state index is 0.291. The quantitative estimate of drug-likeness (QED) is 0.778. The van der Waals surface area contributed by atoms with Gasteiger partial charge in [-0.15, -0.1) is 0 Å². The molecule has 17 heavy (non-hydrogen) atoms. The highest BCUT2D eigenvalue weighted by Crippen LogP contribution is 2.20. The van der Waals surface area contributed by atoms with Crippen LogP contribution in [-0.2, 0) is 0 Å². The van der Waals surface area contributed by atoms with E-state index in [1.807, 2.05) is 19.2 Å². The molecule has 93 valence electrons. The van der Waals surface area contributed by atoms with Crippen LogP contribution in [0.25, 0.3) is 0 Å². The zero-order valence-electron chi connectivity index (χ0n) is 10.7. The molecule has 3 heteroatoms. The number of benzene rings is 1. The summed E-state index contributed by atoms with van der Waals surface area (Å²) in [4.78, 5) is 2.50. The fourth-order valence-electron chi connectivity index (χ4n) is 2.37. The Morgan fingerprint density at radius 3 is 2.41 bits per heavy atom. The fraction of sp³-hybridized carbons (Fsp3) is 0.571. The molecule has 0 bridgehead atoms. The van der Waals surface area contributed by atoms with E-state index in [2.05, 4.69) is 22.3 Å². The van der Waals surface area contributed by atoms with Crippen molar-refractivity contribution in [3.8, 4) is 5.75 Å². The van der Waals surface area contributed by atoms with E-state index >= 15 is 0 Å². The normalized spacial score (nSPS) is 18.2. The Morgan fingerprint density at radius 1 is 1.24 bits per heavy atom. The van der Waals surface area contributed by atoms with Crippen molar-refractivity contribution < 1.29 is 4.74 Å². The van der Waals surface area contributed by atoms with Gasteiger partial charge in [0.15, 0.2) is 0 Å². The first kappa shape index (κ1) is 12.4. The van der Waals surface area contributed by atoms with Gasteiger partial charge in [-0.2, -0.15) is 0 Å². The second kappa shape index (κ2) is 6.03. The summed E-state index contributed by atoms with van der Waals surface area (Å²) in [5.41, 5.74) is 1.28. The van der Waals surface area contributed by atoms with Crippen molar-refractivity contribution in [3.63, 3.8) is 0 Å². The maximum Gasteiger partial charge on any atom is 0.118 e. The van der Waals surface area contributed by atoms with E-state index in [1.54, 1.807) is 7.11 Å². The largest absolute Gasteiger partial charge is 0.497 e. The van der Waals surface area contributed by atoms with Crippen LogP contribution in [0.4, 0.5) is 0 Å². The summed E-state index contributed by atoms with van der Waals surface area (Å²) in [5.74, 6) is 0.907. The summed E-state index contributed by atoms with van der Waals surface area (Å²) >= 11 is 0. The maximum atomic E-state index is 5.17. The molecule has 2 rings (SSSR count). The third kappa shape index (κ3) is 3.20. The predicted molar refractivity (Wildman–Crippen MR) is 69.5 cm³/mol. The number of hydrogen-bond acceptors (Lipinski definition) is 2. The van der Waals surface area contributed by atoms with E-state index in [0.717, 1.165) is 12.3 Å². The van der Waals surface area contributed by atoms with Crippen LogP contribution in [0.2, 0.25) is 0 Å². The zero-order valence-corrected chi connectivity index (χ0v) is 10.7. The average molecular weight is 233 g/mol. The second-order valence-electron chi connectivity index (χ2n) is 4.55. The summed E-state index contributed by atoms with van der Waals surface area (Å²) in [6.07, 6.45) is 2.66. The fourth-order valence-corrected chi connectivity index (χ4v) is 2.37. The van der Waals surface area contributed by atoms with Crippen molar-refractivity contribution in [1.29, 1.82) is 0 Å². The van der Waals surface area contributed by atoms with Crippen LogP contribution in [0.1, 0.15) is 24.4 Å². The highest BCUT2D eigenvalue weighted by atomic mass is 16.5. The molecular weight excluding hydrogens is 212 g/mol. The topological polar surface area (TPSA) is 26.6 Å².